The van der Waals surface area contributed by atoms with Crippen LogP contribution in [0.4, 0.5) is 0 Å². The van der Waals surface area contributed by atoms with E-state index in [1.165, 1.54) is 32.1 Å². The summed E-state index contributed by atoms with van der Waals surface area (Å²) in [5.74, 6) is 0.223. The molecule has 100 valence electrons. The van der Waals surface area contributed by atoms with E-state index in [0.717, 1.165) is 26.3 Å². The van der Waals surface area contributed by atoms with E-state index in [1.54, 1.807) is 0 Å². The second-order valence-corrected chi connectivity index (χ2v) is 5.38. The van der Waals surface area contributed by atoms with Crippen LogP contribution >= 0.6 is 0 Å². The van der Waals surface area contributed by atoms with Gasteiger partial charge in [0.1, 0.15) is 0 Å². The Morgan fingerprint density at radius 3 is 2.35 bits per heavy atom. The highest BCUT2D eigenvalue weighted by molar-refractivity contribution is 4.99. The van der Waals surface area contributed by atoms with Gasteiger partial charge in [-0.15, -0.1) is 0 Å². The van der Waals surface area contributed by atoms with Crippen LogP contribution in [-0.2, 0) is 4.74 Å². The Morgan fingerprint density at radius 2 is 1.82 bits per heavy atom. The quantitative estimate of drug-likeness (QED) is 0.757. The molecule has 0 spiro atoms. The Labute approximate surface area is 104 Å². The van der Waals surface area contributed by atoms with Gasteiger partial charge in [0.2, 0.25) is 0 Å². The van der Waals surface area contributed by atoms with Gasteiger partial charge in [-0.25, -0.2) is 0 Å². The van der Waals surface area contributed by atoms with Gasteiger partial charge >= 0.3 is 0 Å². The molecular formula is C13H26N2O2. The summed E-state index contributed by atoms with van der Waals surface area (Å²) in [7, 11) is 0. The van der Waals surface area contributed by atoms with E-state index in [-0.39, 0.29) is 18.1 Å². The van der Waals surface area contributed by atoms with Gasteiger partial charge in [-0.3, -0.25) is 4.90 Å². The molecular weight excluding hydrogens is 216 g/mol. The van der Waals surface area contributed by atoms with E-state index in [2.05, 4.69) is 4.90 Å². The van der Waals surface area contributed by atoms with Crippen molar-refractivity contribution < 1.29 is 9.84 Å². The third-order valence-corrected chi connectivity index (χ3v) is 4.63. The molecule has 1 heterocycles. The molecule has 1 aliphatic heterocycles. The number of nitrogens with zero attached hydrogens (tertiary/aromatic N) is 1. The number of aliphatic hydroxyl groups excluding tert-OH is 1. The summed E-state index contributed by atoms with van der Waals surface area (Å²) >= 11 is 0. The Bertz CT molecular complexity index is 219. The highest BCUT2D eigenvalue weighted by atomic mass is 16.5. The zero-order chi connectivity index (χ0) is 12.1. The first-order valence-electron chi connectivity index (χ1n) is 6.97. The Hall–Kier alpha value is -0.160. The lowest BCUT2D eigenvalue weighted by atomic mass is 9.71. The third-order valence-electron chi connectivity index (χ3n) is 4.63. The number of hydrogen-bond acceptors (Lipinski definition) is 4. The number of nitrogens with two attached hydrogens (primary N) is 1. The number of morpholine rings is 1. The molecule has 4 nitrogen and oxygen atoms in total. The molecule has 17 heavy (non-hydrogen) atoms. The summed E-state index contributed by atoms with van der Waals surface area (Å²) < 4.78 is 5.45. The van der Waals surface area contributed by atoms with Crippen molar-refractivity contribution in [1.29, 1.82) is 0 Å². The molecule has 0 aromatic heterocycles. The van der Waals surface area contributed by atoms with E-state index in [9.17, 15) is 5.11 Å². The fourth-order valence-electron chi connectivity index (χ4n) is 3.62. The van der Waals surface area contributed by atoms with Crippen molar-refractivity contribution in [3.8, 4) is 0 Å². The molecule has 2 rings (SSSR count). The first-order valence-corrected chi connectivity index (χ1v) is 6.97. The summed E-state index contributed by atoms with van der Waals surface area (Å²) in [6.07, 6.45) is 6.25. The molecule has 0 bridgehead atoms. The normalized spacial score (nSPS) is 27.9. The largest absolute Gasteiger partial charge is 0.396 e. The summed E-state index contributed by atoms with van der Waals surface area (Å²) in [4.78, 5) is 2.55. The molecule has 2 aliphatic rings. The number of hydrogen-bond donors (Lipinski definition) is 2. The van der Waals surface area contributed by atoms with Crippen molar-refractivity contribution in [1.82, 2.24) is 4.90 Å². The van der Waals surface area contributed by atoms with Crippen LogP contribution in [0.3, 0.4) is 0 Å². The SMILES string of the molecule is NC[C@H](CO)C1(N2CCOCC2)CCCCC1. The molecule has 1 saturated heterocycles. The van der Waals surface area contributed by atoms with E-state index in [0.29, 0.717) is 6.54 Å². The van der Waals surface area contributed by atoms with Crippen LogP contribution in [0.5, 0.6) is 0 Å². The molecule has 1 saturated carbocycles. The van der Waals surface area contributed by atoms with Gasteiger partial charge in [0.25, 0.3) is 0 Å². The monoisotopic (exact) mass is 242 g/mol. The van der Waals surface area contributed by atoms with E-state index >= 15 is 0 Å². The van der Waals surface area contributed by atoms with Crippen LogP contribution in [0, 0.1) is 5.92 Å². The number of rotatable bonds is 4. The van der Waals surface area contributed by atoms with Gasteiger partial charge in [0.05, 0.1) is 13.2 Å². The zero-order valence-corrected chi connectivity index (χ0v) is 10.7. The summed E-state index contributed by atoms with van der Waals surface area (Å²) in [6.45, 7) is 4.45. The van der Waals surface area contributed by atoms with Crippen LogP contribution < -0.4 is 5.73 Å². The number of aliphatic hydroxyl groups is 1. The fourth-order valence-corrected chi connectivity index (χ4v) is 3.62. The van der Waals surface area contributed by atoms with Gasteiger partial charge in [0, 0.05) is 31.2 Å². The molecule has 4 heteroatoms. The molecule has 3 N–H and O–H groups in total. The van der Waals surface area contributed by atoms with Crippen LogP contribution in [-0.4, -0.2) is 55.0 Å². The molecule has 0 aromatic carbocycles. The second-order valence-electron chi connectivity index (χ2n) is 5.38. The maximum absolute atomic E-state index is 9.64. The number of ether oxygens (including phenoxy) is 1. The standard InChI is InChI=1S/C13H26N2O2/c14-10-12(11-16)13(4-2-1-3-5-13)15-6-8-17-9-7-15/h12,16H,1-11,14H2/t12-/m1/s1. The lowest BCUT2D eigenvalue weighted by Gasteiger charge is -2.52. The molecule has 1 aliphatic carbocycles. The van der Waals surface area contributed by atoms with Crippen molar-refractivity contribution in [2.45, 2.75) is 37.6 Å². The average Bonchev–Trinajstić information content (AvgIpc) is 2.42. The molecule has 1 atom stereocenters. The average molecular weight is 242 g/mol. The summed E-state index contributed by atoms with van der Waals surface area (Å²) in [5.41, 5.74) is 6.03. The lowest BCUT2D eigenvalue weighted by Crippen LogP contribution is -2.60. The van der Waals surface area contributed by atoms with Crippen LogP contribution in [0.25, 0.3) is 0 Å². The predicted octanol–water partition coefficient (Wildman–Crippen LogP) is 0.589. The van der Waals surface area contributed by atoms with Crippen molar-refractivity contribution in [2.75, 3.05) is 39.5 Å². The molecule has 0 radical (unpaired) electrons. The minimum atomic E-state index is 0.144. The smallest absolute Gasteiger partial charge is 0.0594 e. The maximum Gasteiger partial charge on any atom is 0.0594 e. The predicted molar refractivity (Wildman–Crippen MR) is 67.8 cm³/mol. The minimum absolute atomic E-state index is 0.144. The van der Waals surface area contributed by atoms with Gasteiger partial charge in [-0.05, 0) is 19.4 Å². The minimum Gasteiger partial charge on any atom is -0.396 e. The van der Waals surface area contributed by atoms with Crippen LogP contribution in [0.2, 0.25) is 0 Å². The first kappa shape index (κ1) is 13.3. The van der Waals surface area contributed by atoms with E-state index < -0.39 is 0 Å². The first-order chi connectivity index (χ1) is 8.33. The molecule has 0 amide bonds. The van der Waals surface area contributed by atoms with Gasteiger partial charge < -0.3 is 15.6 Å². The van der Waals surface area contributed by atoms with Crippen molar-refractivity contribution >= 4 is 0 Å². The second kappa shape index (κ2) is 6.14. The zero-order valence-electron chi connectivity index (χ0n) is 10.7. The van der Waals surface area contributed by atoms with E-state index in [4.69, 9.17) is 10.5 Å². The highest BCUT2D eigenvalue weighted by Gasteiger charge is 2.43. The Kier molecular flexibility index (Phi) is 4.79. The molecule has 0 unspecified atom stereocenters. The Morgan fingerprint density at radius 1 is 1.18 bits per heavy atom. The highest BCUT2D eigenvalue weighted by Crippen LogP contribution is 2.39. The summed E-state index contributed by atoms with van der Waals surface area (Å²) in [6, 6.07) is 0. The van der Waals surface area contributed by atoms with Gasteiger partial charge in [-0.2, -0.15) is 0 Å². The molecule has 2 fully saturated rings. The van der Waals surface area contributed by atoms with Crippen LogP contribution in [0.1, 0.15) is 32.1 Å². The van der Waals surface area contributed by atoms with E-state index in [1.807, 2.05) is 0 Å². The van der Waals surface area contributed by atoms with Crippen molar-refractivity contribution in [3.63, 3.8) is 0 Å². The lowest BCUT2D eigenvalue weighted by molar-refractivity contribution is -0.0721. The topological polar surface area (TPSA) is 58.7 Å². The van der Waals surface area contributed by atoms with Crippen LogP contribution in [0.15, 0.2) is 0 Å². The van der Waals surface area contributed by atoms with Gasteiger partial charge in [-0.1, -0.05) is 19.3 Å². The Balaban J connectivity index is 2.14. The van der Waals surface area contributed by atoms with Gasteiger partial charge in [0.15, 0.2) is 0 Å². The fraction of sp³-hybridized carbons (Fsp3) is 1.00. The summed E-state index contributed by atoms with van der Waals surface area (Å²) in [5, 5.41) is 9.64. The van der Waals surface area contributed by atoms with Crippen molar-refractivity contribution in [3.05, 3.63) is 0 Å². The maximum atomic E-state index is 9.64. The molecule has 0 aromatic rings. The van der Waals surface area contributed by atoms with Crippen molar-refractivity contribution in [2.24, 2.45) is 11.7 Å². The third kappa shape index (κ3) is 2.65.